The van der Waals surface area contributed by atoms with Gasteiger partial charge in [0.05, 0.1) is 12.0 Å². The van der Waals surface area contributed by atoms with Crippen LogP contribution in [0.2, 0.25) is 0 Å². The van der Waals surface area contributed by atoms with Gasteiger partial charge in [0.25, 0.3) is 0 Å². The normalized spacial score (nSPS) is 20.0. The van der Waals surface area contributed by atoms with E-state index in [4.69, 9.17) is 0 Å². The Morgan fingerprint density at radius 2 is 2.13 bits per heavy atom. The van der Waals surface area contributed by atoms with Gasteiger partial charge in [-0.25, -0.2) is 0 Å². The maximum absolute atomic E-state index is 12.4. The highest BCUT2D eigenvalue weighted by Gasteiger charge is 2.40. The summed E-state index contributed by atoms with van der Waals surface area (Å²) in [4.78, 5) is 26.8. The Morgan fingerprint density at radius 3 is 2.65 bits per heavy atom. The van der Waals surface area contributed by atoms with E-state index in [1.54, 1.807) is 11.3 Å². The number of carbonyl (C=O) groups is 2. The Kier molecular flexibility index (Phi) is 5.03. The number of likely N-dealkylation sites (tertiary alicyclic amines) is 1. The van der Waals surface area contributed by atoms with Crippen LogP contribution in [0.1, 0.15) is 34.7 Å². The van der Waals surface area contributed by atoms with Crippen molar-refractivity contribution in [3.8, 4) is 0 Å². The zero-order valence-corrected chi connectivity index (χ0v) is 14.0. The Labute approximate surface area is 136 Å². The summed E-state index contributed by atoms with van der Waals surface area (Å²) >= 11 is 1.63. The molecule has 0 aliphatic carbocycles. The summed E-state index contributed by atoms with van der Waals surface area (Å²) in [5.41, 5.74) is 0.998. The number of carbonyl (C=O) groups excluding carboxylic acids is 2. The Morgan fingerprint density at radius 1 is 1.48 bits per heavy atom. The van der Waals surface area contributed by atoms with E-state index in [1.807, 2.05) is 26.8 Å². The molecule has 1 aromatic heterocycles. The fourth-order valence-electron chi connectivity index (χ4n) is 2.81. The highest BCUT2D eigenvalue weighted by atomic mass is 32.1. The molecular weight excluding hydrogens is 329 g/mol. The van der Waals surface area contributed by atoms with E-state index in [0.717, 1.165) is 15.3 Å². The Bertz CT molecular complexity index is 612. The van der Waals surface area contributed by atoms with Crippen molar-refractivity contribution in [1.29, 1.82) is 0 Å². The maximum atomic E-state index is 12.4. The third-order valence-corrected chi connectivity index (χ3v) is 4.84. The van der Waals surface area contributed by atoms with Crippen molar-refractivity contribution in [2.24, 2.45) is 5.92 Å². The molecule has 1 fully saturated rings. The number of hydrogen-bond acceptors (Lipinski definition) is 3. The average Bonchev–Trinajstić information content (AvgIpc) is 2.91. The second-order valence-electron chi connectivity index (χ2n) is 5.89. The van der Waals surface area contributed by atoms with Gasteiger partial charge < -0.3 is 10.2 Å². The van der Waals surface area contributed by atoms with Crippen LogP contribution in [0.15, 0.2) is 6.07 Å². The molecule has 23 heavy (non-hydrogen) atoms. The minimum Gasteiger partial charge on any atom is -0.349 e. The number of alkyl halides is 3. The molecule has 2 heterocycles. The summed E-state index contributed by atoms with van der Waals surface area (Å²) in [5, 5.41) is 2.80. The lowest BCUT2D eigenvalue weighted by atomic mass is 10.1. The van der Waals surface area contributed by atoms with Crippen molar-refractivity contribution in [3.63, 3.8) is 0 Å². The van der Waals surface area contributed by atoms with Crippen molar-refractivity contribution in [1.82, 2.24) is 10.2 Å². The minimum atomic E-state index is -4.44. The van der Waals surface area contributed by atoms with Crippen LogP contribution in [0.3, 0.4) is 0 Å². The van der Waals surface area contributed by atoms with Crippen LogP contribution in [-0.4, -0.2) is 36.0 Å². The van der Waals surface area contributed by atoms with Crippen molar-refractivity contribution in [3.05, 3.63) is 21.4 Å². The summed E-state index contributed by atoms with van der Waals surface area (Å²) in [6.45, 7) is 4.28. The van der Waals surface area contributed by atoms with Gasteiger partial charge >= 0.3 is 6.18 Å². The van der Waals surface area contributed by atoms with Gasteiger partial charge in [0, 0.05) is 22.7 Å². The van der Waals surface area contributed by atoms with E-state index >= 15 is 0 Å². The molecule has 4 nitrogen and oxygen atoms in total. The lowest BCUT2D eigenvalue weighted by molar-refractivity contribution is -0.157. The first-order chi connectivity index (χ1) is 10.6. The van der Waals surface area contributed by atoms with Crippen molar-refractivity contribution >= 4 is 23.2 Å². The van der Waals surface area contributed by atoms with Crippen LogP contribution in [0.25, 0.3) is 0 Å². The van der Waals surface area contributed by atoms with Crippen molar-refractivity contribution in [2.75, 3.05) is 13.1 Å². The highest BCUT2D eigenvalue weighted by molar-refractivity contribution is 7.12. The fraction of sp³-hybridized carbons (Fsp3) is 0.600. The van der Waals surface area contributed by atoms with E-state index in [9.17, 15) is 22.8 Å². The van der Waals surface area contributed by atoms with Crippen LogP contribution in [0, 0.1) is 19.8 Å². The van der Waals surface area contributed by atoms with Gasteiger partial charge in [-0.1, -0.05) is 0 Å². The summed E-state index contributed by atoms with van der Waals surface area (Å²) in [6.07, 6.45) is -4.62. The quantitative estimate of drug-likeness (QED) is 0.909. The number of nitrogens with one attached hydrogen (secondary N) is 1. The van der Waals surface area contributed by atoms with E-state index in [1.165, 1.54) is 0 Å². The molecule has 0 saturated carbocycles. The number of hydrogen-bond donors (Lipinski definition) is 1. The molecule has 2 amide bonds. The maximum Gasteiger partial charge on any atom is 0.406 e. The number of amides is 2. The third-order valence-electron chi connectivity index (χ3n) is 3.86. The molecule has 128 valence electrons. The van der Waals surface area contributed by atoms with Gasteiger partial charge in [0.2, 0.25) is 11.8 Å². The lowest BCUT2D eigenvalue weighted by Crippen LogP contribution is -2.37. The standard InChI is InChI=1S/C15H19F3N2O2S/c1-8-4-12(10(3)23-8)9(2)19-14(22)11-5-13(21)20(6-11)7-15(16,17)18/h4,9,11H,5-7H2,1-3H3,(H,19,22)/t9-,11+/m1/s1. The molecule has 1 aliphatic rings. The summed E-state index contributed by atoms with van der Waals surface area (Å²) in [6, 6.07) is 1.75. The number of rotatable bonds is 4. The third kappa shape index (κ3) is 4.46. The molecule has 1 N–H and O–H groups in total. The zero-order valence-electron chi connectivity index (χ0n) is 13.2. The molecule has 0 aromatic carbocycles. The predicted octanol–water partition coefficient (Wildman–Crippen LogP) is 2.95. The van der Waals surface area contributed by atoms with Gasteiger partial charge in [-0.15, -0.1) is 11.3 Å². The van der Waals surface area contributed by atoms with Gasteiger partial charge in [-0.05, 0) is 32.4 Å². The molecule has 2 atom stereocenters. The van der Waals surface area contributed by atoms with E-state index in [-0.39, 0.29) is 24.9 Å². The average molecular weight is 348 g/mol. The first-order valence-electron chi connectivity index (χ1n) is 7.28. The SMILES string of the molecule is Cc1cc([C@@H](C)NC(=O)[C@H]2CC(=O)N(CC(F)(F)F)C2)c(C)s1. The smallest absolute Gasteiger partial charge is 0.349 e. The van der Waals surface area contributed by atoms with E-state index in [0.29, 0.717) is 4.90 Å². The zero-order chi connectivity index (χ0) is 17.4. The van der Waals surface area contributed by atoms with E-state index in [2.05, 4.69) is 5.32 Å². The number of aryl methyl sites for hydroxylation is 2. The molecule has 0 spiro atoms. The monoisotopic (exact) mass is 348 g/mol. The molecule has 2 rings (SSSR count). The second-order valence-corrected chi connectivity index (χ2v) is 7.35. The van der Waals surface area contributed by atoms with Crippen LogP contribution < -0.4 is 5.32 Å². The summed E-state index contributed by atoms with van der Waals surface area (Å²) in [7, 11) is 0. The van der Waals surface area contributed by atoms with Crippen LogP contribution in [-0.2, 0) is 9.59 Å². The fourth-order valence-corrected chi connectivity index (χ4v) is 3.83. The lowest BCUT2D eigenvalue weighted by Gasteiger charge is -2.19. The molecule has 0 unspecified atom stereocenters. The minimum absolute atomic E-state index is 0.170. The van der Waals surface area contributed by atoms with E-state index < -0.39 is 24.5 Å². The van der Waals surface area contributed by atoms with Crippen LogP contribution >= 0.6 is 11.3 Å². The topological polar surface area (TPSA) is 49.4 Å². The Balaban J connectivity index is 1.96. The van der Waals surface area contributed by atoms with Gasteiger partial charge in [-0.2, -0.15) is 13.2 Å². The molecule has 1 aliphatic heterocycles. The summed E-state index contributed by atoms with van der Waals surface area (Å²) < 4.78 is 37.2. The van der Waals surface area contributed by atoms with Crippen molar-refractivity contribution < 1.29 is 22.8 Å². The van der Waals surface area contributed by atoms with Gasteiger partial charge in [0.15, 0.2) is 0 Å². The molecule has 0 bridgehead atoms. The van der Waals surface area contributed by atoms with Gasteiger partial charge in [-0.3, -0.25) is 9.59 Å². The molecule has 8 heteroatoms. The molecular formula is C15H19F3N2O2S. The van der Waals surface area contributed by atoms with Crippen molar-refractivity contribution in [2.45, 2.75) is 39.4 Å². The largest absolute Gasteiger partial charge is 0.406 e. The number of halogens is 3. The molecule has 1 saturated heterocycles. The highest BCUT2D eigenvalue weighted by Crippen LogP contribution is 2.28. The molecule has 0 radical (unpaired) electrons. The van der Waals surface area contributed by atoms with Gasteiger partial charge in [0.1, 0.15) is 6.54 Å². The van der Waals surface area contributed by atoms with Crippen LogP contribution in [0.5, 0.6) is 0 Å². The number of thiophene rings is 1. The predicted molar refractivity (Wildman–Crippen MR) is 81.1 cm³/mol. The number of nitrogens with zero attached hydrogens (tertiary/aromatic N) is 1. The first-order valence-corrected chi connectivity index (χ1v) is 8.10. The molecule has 1 aromatic rings. The second kappa shape index (κ2) is 6.51. The Hall–Kier alpha value is -1.57. The summed E-state index contributed by atoms with van der Waals surface area (Å²) in [5.74, 6) is -1.73. The first kappa shape index (κ1) is 17.8. The van der Waals surface area contributed by atoms with Crippen LogP contribution in [0.4, 0.5) is 13.2 Å².